The van der Waals surface area contributed by atoms with Gasteiger partial charge in [-0.05, 0) is 30.7 Å². The van der Waals surface area contributed by atoms with Gasteiger partial charge in [-0.15, -0.1) is 0 Å². The fourth-order valence-electron chi connectivity index (χ4n) is 1.40. The van der Waals surface area contributed by atoms with E-state index in [1.54, 1.807) is 37.6 Å². The van der Waals surface area contributed by atoms with Crippen molar-refractivity contribution in [2.45, 2.75) is 6.92 Å². The van der Waals surface area contributed by atoms with E-state index in [9.17, 15) is 10.1 Å². The first kappa shape index (κ1) is 11.1. The Balaban J connectivity index is 2.25. The first-order valence-electron chi connectivity index (χ1n) is 4.99. The number of nitro groups is 1. The molecule has 1 aromatic heterocycles. The number of hydrogen-bond acceptors (Lipinski definition) is 4. The lowest BCUT2D eigenvalue weighted by Crippen LogP contribution is -1.88. The summed E-state index contributed by atoms with van der Waals surface area (Å²) in [4.78, 5) is 14.3. The Hall–Kier alpha value is -2.43. The Bertz CT molecular complexity index is 559. The second-order valence-corrected chi connectivity index (χ2v) is 3.50. The molecule has 1 heterocycles. The highest BCUT2D eigenvalue weighted by Gasteiger charge is 2.06. The summed E-state index contributed by atoms with van der Waals surface area (Å²) in [6, 6.07) is 8.10. The number of non-ortho nitro benzene ring substituents is 1. The average Bonchev–Trinajstić information content (AvgIpc) is 2.80. The van der Waals surface area contributed by atoms with E-state index in [4.69, 9.17) is 4.42 Å². The zero-order valence-corrected chi connectivity index (χ0v) is 9.16. The smallest absolute Gasteiger partial charge is 0.269 e. The highest BCUT2D eigenvalue weighted by molar-refractivity contribution is 5.79. The van der Waals surface area contributed by atoms with Crippen LogP contribution in [0, 0.1) is 17.0 Å². The third-order valence-corrected chi connectivity index (χ3v) is 2.27. The average molecular weight is 230 g/mol. The summed E-state index contributed by atoms with van der Waals surface area (Å²) in [7, 11) is 0. The van der Waals surface area contributed by atoms with Crippen LogP contribution in [0.4, 0.5) is 11.4 Å². The van der Waals surface area contributed by atoms with E-state index in [0.29, 0.717) is 11.4 Å². The van der Waals surface area contributed by atoms with Crippen molar-refractivity contribution in [2.24, 2.45) is 4.99 Å². The van der Waals surface area contributed by atoms with Crippen LogP contribution in [0.1, 0.15) is 11.3 Å². The molecule has 5 nitrogen and oxygen atoms in total. The van der Waals surface area contributed by atoms with E-state index in [1.807, 2.05) is 0 Å². The third kappa shape index (κ3) is 2.57. The Labute approximate surface area is 97.6 Å². The second-order valence-electron chi connectivity index (χ2n) is 3.50. The van der Waals surface area contributed by atoms with E-state index in [-0.39, 0.29) is 5.69 Å². The van der Waals surface area contributed by atoms with Crippen LogP contribution in [0.15, 0.2) is 46.0 Å². The lowest BCUT2D eigenvalue weighted by atomic mass is 10.2. The first-order valence-corrected chi connectivity index (χ1v) is 4.99. The van der Waals surface area contributed by atoms with E-state index in [1.165, 1.54) is 12.1 Å². The maximum Gasteiger partial charge on any atom is 0.269 e. The van der Waals surface area contributed by atoms with Crippen molar-refractivity contribution in [3.8, 4) is 0 Å². The molecule has 0 saturated heterocycles. The molecule has 0 fully saturated rings. The van der Waals surface area contributed by atoms with Crippen LogP contribution in [-0.2, 0) is 0 Å². The zero-order valence-electron chi connectivity index (χ0n) is 9.16. The van der Waals surface area contributed by atoms with Gasteiger partial charge in [-0.3, -0.25) is 15.1 Å². The highest BCUT2D eigenvalue weighted by Crippen LogP contribution is 2.23. The number of aryl methyl sites for hydroxylation is 1. The van der Waals surface area contributed by atoms with E-state index >= 15 is 0 Å². The van der Waals surface area contributed by atoms with Gasteiger partial charge in [0.25, 0.3) is 5.69 Å². The number of benzene rings is 1. The molecule has 0 atom stereocenters. The number of hydrogen-bond donors (Lipinski definition) is 0. The van der Waals surface area contributed by atoms with E-state index < -0.39 is 4.92 Å². The molecule has 0 N–H and O–H groups in total. The molecule has 0 spiro atoms. The van der Waals surface area contributed by atoms with Crippen LogP contribution in [0.3, 0.4) is 0 Å². The molecule has 0 saturated carbocycles. The Morgan fingerprint density at radius 3 is 2.82 bits per heavy atom. The fourth-order valence-corrected chi connectivity index (χ4v) is 1.40. The van der Waals surface area contributed by atoms with Gasteiger partial charge in [0.05, 0.1) is 23.1 Å². The van der Waals surface area contributed by atoms with Gasteiger partial charge in [-0.1, -0.05) is 0 Å². The Morgan fingerprint density at radius 1 is 1.41 bits per heavy atom. The maximum absolute atomic E-state index is 10.6. The number of nitro benzene ring substituents is 1. The molecule has 0 radical (unpaired) electrons. The molecule has 86 valence electrons. The van der Waals surface area contributed by atoms with Gasteiger partial charge in [0, 0.05) is 12.1 Å². The minimum absolute atomic E-state index is 0.0689. The zero-order chi connectivity index (χ0) is 12.3. The third-order valence-electron chi connectivity index (χ3n) is 2.27. The molecule has 17 heavy (non-hydrogen) atoms. The minimum atomic E-state index is -0.424. The molecular weight excluding hydrogens is 220 g/mol. The van der Waals surface area contributed by atoms with Crippen molar-refractivity contribution in [1.82, 2.24) is 0 Å². The lowest BCUT2D eigenvalue weighted by Gasteiger charge is -1.98. The van der Waals surface area contributed by atoms with Crippen LogP contribution in [-0.4, -0.2) is 11.1 Å². The molecule has 0 amide bonds. The SMILES string of the molecule is Cc1cc([N+](=O)[O-])ccc1N=Cc1ccco1. The van der Waals surface area contributed by atoms with Gasteiger partial charge < -0.3 is 4.42 Å². The van der Waals surface area contributed by atoms with Crippen molar-refractivity contribution < 1.29 is 9.34 Å². The number of rotatable bonds is 3. The summed E-state index contributed by atoms with van der Waals surface area (Å²) in [5, 5.41) is 10.6. The largest absolute Gasteiger partial charge is 0.463 e. The summed E-state index contributed by atoms with van der Waals surface area (Å²) in [5.41, 5.74) is 1.51. The predicted octanol–water partition coefficient (Wildman–Crippen LogP) is 3.25. The molecule has 0 aliphatic heterocycles. The summed E-state index contributed by atoms with van der Waals surface area (Å²) in [5.74, 6) is 0.641. The van der Waals surface area contributed by atoms with Crippen molar-refractivity contribution in [3.05, 3.63) is 58.0 Å². The Morgan fingerprint density at radius 2 is 2.24 bits per heavy atom. The van der Waals surface area contributed by atoms with Crippen molar-refractivity contribution in [1.29, 1.82) is 0 Å². The quantitative estimate of drug-likeness (QED) is 0.461. The fraction of sp³-hybridized carbons (Fsp3) is 0.0833. The van der Waals surface area contributed by atoms with Gasteiger partial charge >= 0.3 is 0 Å². The summed E-state index contributed by atoms with van der Waals surface area (Å²) < 4.78 is 5.10. The number of furan rings is 1. The Kier molecular flexibility index (Phi) is 3.00. The molecule has 2 rings (SSSR count). The number of nitrogens with zero attached hydrogens (tertiary/aromatic N) is 2. The predicted molar refractivity (Wildman–Crippen MR) is 63.8 cm³/mol. The minimum Gasteiger partial charge on any atom is -0.463 e. The molecular formula is C12H10N2O3. The van der Waals surface area contributed by atoms with E-state index in [2.05, 4.69) is 4.99 Å². The topological polar surface area (TPSA) is 68.6 Å². The standard InChI is InChI=1S/C12H10N2O3/c1-9-7-10(14(15)16)4-5-12(9)13-8-11-3-2-6-17-11/h2-8H,1H3. The monoisotopic (exact) mass is 230 g/mol. The van der Waals surface area contributed by atoms with Crippen LogP contribution in [0.5, 0.6) is 0 Å². The summed E-state index contributed by atoms with van der Waals surface area (Å²) in [6.07, 6.45) is 3.14. The van der Waals surface area contributed by atoms with Crippen LogP contribution >= 0.6 is 0 Å². The first-order chi connectivity index (χ1) is 8.16. The molecule has 0 aliphatic carbocycles. The molecule has 0 aliphatic rings. The lowest BCUT2D eigenvalue weighted by molar-refractivity contribution is -0.384. The molecule has 0 unspecified atom stereocenters. The van der Waals surface area contributed by atoms with Crippen molar-refractivity contribution in [3.63, 3.8) is 0 Å². The molecule has 1 aromatic carbocycles. The van der Waals surface area contributed by atoms with Gasteiger partial charge in [0.1, 0.15) is 5.76 Å². The highest BCUT2D eigenvalue weighted by atomic mass is 16.6. The maximum atomic E-state index is 10.6. The van der Waals surface area contributed by atoms with Gasteiger partial charge in [-0.25, -0.2) is 0 Å². The summed E-state index contributed by atoms with van der Waals surface area (Å²) in [6.45, 7) is 1.78. The van der Waals surface area contributed by atoms with Gasteiger partial charge in [-0.2, -0.15) is 0 Å². The van der Waals surface area contributed by atoms with Crippen LogP contribution in [0.2, 0.25) is 0 Å². The van der Waals surface area contributed by atoms with Crippen LogP contribution < -0.4 is 0 Å². The van der Waals surface area contributed by atoms with Crippen LogP contribution in [0.25, 0.3) is 0 Å². The molecule has 2 aromatic rings. The molecule has 0 bridgehead atoms. The summed E-state index contributed by atoms with van der Waals surface area (Å²) >= 11 is 0. The van der Waals surface area contributed by atoms with Gasteiger partial charge in [0.15, 0.2) is 0 Å². The van der Waals surface area contributed by atoms with Crippen molar-refractivity contribution >= 4 is 17.6 Å². The van der Waals surface area contributed by atoms with Crippen molar-refractivity contribution in [2.75, 3.05) is 0 Å². The molecule has 5 heteroatoms. The normalized spacial score (nSPS) is 10.9. The number of aliphatic imine (C=N–C) groups is 1. The van der Waals surface area contributed by atoms with E-state index in [0.717, 1.165) is 5.56 Å². The van der Waals surface area contributed by atoms with Gasteiger partial charge in [0.2, 0.25) is 0 Å². The second kappa shape index (κ2) is 4.61.